The van der Waals surface area contributed by atoms with Crippen molar-refractivity contribution in [1.29, 1.82) is 0 Å². The molecule has 2 fully saturated rings. The predicted molar refractivity (Wildman–Crippen MR) is 62.0 cm³/mol. The van der Waals surface area contributed by atoms with Crippen LogP contribution in [-0.2, 0) is 14.4 Å². The maximum Gasteiger partial charge on any atom is 0.326 e. The van der Waals surface area contributed by atoms with Crippen LogP contribution >= 0.6 is 0 Å². The van der Waals surface area contributed by atoms with E-state index in [-0.39, 0.29) is 18.2 Å². The number of rotatable bonds is 4. The molecule has 0 aromatic heterocycles. The number of carboxylic acid groups (broad SMARTS) is 1. The van der Waals surface area contributed by atoms with Gasteiger partial charge in [-0.2, -0.15) is 0 Å². The van der Waals surface area contributed by atoms with Gasteiger partial charge in [-0.1, -0.05) is 0 Å². The van der Waals surface area contributed by atoms with E-state index >= 15 is 0 Å². The summed E-state index contributed by atoms with van der Waals surface area (Å²) >= 11 is 0. The van der Waals surface area contributed by atoms with E-state index in [1.165, 1.54) is 7.05 Å². The third-order valence-electron chi connectivity index (χ3n) is 3.33. The Bertz CT molecular complexity index is 446. The van der Waals surface area contributed by atoms with Crippen molar-refractivity contribution in [3.8, 4) is 0 Å². The van der Waals surface area contributed by atoms with Crippen LogP contribution in [0.1, 0.15) is 19.3 Å². The minimum atomic E-state index is -1.09. The molecule has 2 aliphatic rings. The molecule has 0 radical (unpaired) electrons. The van der Waals surface area contributed by atoms with E-state index in [9.17, 15) is 19.2 Å². The van der Waals surface area contributed by atoms with Gasteiger partial charge in [0, 0.05) is 7.05 Å². The van der Waals surface area contributed by atoms with Crippen molar-refractivity contribution in [3.63, 3.8) is 0 Å². The van der Waals surface area contributed by atoms with Crippen molar-refractivity contribution in [2.45, 2.75) is 31.3 Å². The monoisotopic (exact) mass is 269 g/mol. The van der Waals surface area contributed by atoms with Crippen LogP contribution < -0.4 is 10.6 Å². The number of nitrogens with zero attached hydrogens (tertiary/aromatic N) is 1. The average molecular weight is 269 g/mol. The summed E-state index contributed by atoms with van der Waals surface area (Å²) in [4.78, 5) is 46.4. The Morgan fingerprint density at radius 1 is 1.37 bits per heavy atom. The lowest BCUT2D eigenvalue weighted by Gasteiger charge is -2.16. The number of carbonyl (C=O) groups excluding carboxylic acids is 3. The molecule has 2 atom stereocenters. The van der Waals surface area contributed by atoms with Crippen LogP contribution in [0.2, 0.25) is 0 Å². The van der Waals surface area contributed by atoms with Gasteiger partial charge in [-0.15, -0.1) is 0 Å². The van der Waals surface area contributed by atoms with Crippen molar-refractivity contribution >= 4 is 23.8 Å². The zero-order valence-corrected chi connectivity index (χ0v) is 10.4. The zero-order valence-electron chi connectivity index (χ0n) is 10.4. The molecule has 1 aliphatic carbocycles. The summed E-state index contributed by atoms with van der Waals surface area (Å²) in [5, 5.41) is 13.6. The van der Waals surface area contributed by atoms with Gasteiger partial charge < -0.3 is 15.7 Å². The summed E-state index contributed by atoms with van der Waals surface area (Å²) in [6.07, 6.45) is 1.44. The van der Waals surface area contributed by atoms with Crippen molar-refractivity contribution < 1.29 is 24.3 Å². The lowest BCUT2D eigenvalue weighted by atomic mass is 10.2. The van der Waals surface area contributed by atoms with Gasteiger partial charge >= 0.3 is 12.0 Å². The highest BCUT2D eigenvalue weighted by molar-refractivity contribution is 6.06. The van der Waals surface area contributed by atoms with E-state index in [1.807, 2.05) is 0 Å². The largest absolute Gasteiger partial charge is 0.480 e. The van der Waals surface area contributed by atoms with Crippen LogP contribution in [0.5, 0.6) is 0 Å². The quantitative estimate of drug-likeness (QED) is 0.561. The van der Waals surface area contributed by atoms with E-state index in [2.05, 4.69) is 10.6 Å². The first-order valence-electron chi connectivity index (χ1n) is 6.00. The zero-order chi connectivity index (χ0) is 14.2. The van der Waals surface area contributed by atoms with Crippen LogP contribution in [-0.4, -0.2) is 53.0 Å². The van der Waals surface area contributed by atoms with E-state index in [4.69, 9.17) is 5.11 Å². The van der Waals surface area contributed by atoms with Gasteiger partial charge in [0.1, 0.15) is 12.1 Å². The molecule has 1 aliphatic heterocycles. The number of amides is 4. The van der Waals surface area contributed by atoms with Gasteiger partial charge in [0.25, 0.3) is 5.91 Å². The SMILES string of the molecule is CN1C(=O)CC(NC(=O)NC(C(=O)O)C2CC2)C1=O. The van der Waals surface area contributed by atoms with Crippen molar-refractivity contribution in [3.05, 3.63) is 0 Å². The summed E-state index contributed by atoms with van der Waals surface area (Å²) < 4.78 is 0. The fourth-order valence-electron chi connectivity index (χ4n) is 2.02. The highest BCUT2D eigenvalue weighted by Crippen LogP contribution is 2.32. The number of urea groups is 1. The first-order chi connectivity index (χ1) is 8.90. The second-order valence-electron chi connectivity index (χ2n) is 4.82. The molecule has 0 aromatic rings. The Labute approximate surface area is 109 Å². The van der Waals surface area contributed by atoms with Crippen LogP contribution in [0.25, 0.3) is 0 Å². The van der Waals surface area contributed by atoms with E-state index in [0.29, 0.717) is 0 Å². The summed E-state index contributed by atoms with van der Waals surface area (Å²) in [6, 6.07) is -2.59. The van der Waals surface area contributed by atoms with Crippen LogP contribution in [0.3, 0.4) is 0 Å². The number of carboxylic acids is 1. The molecule has 4 amide bonds. The Morgan fingerprint density at radius 3 is 2.42 bits per heavy atom. The first kappa shape index (κ1) is 13.3. The Hall–Kier alpha value is -2.12. The molecule has 8 heteroatoms. The van der Waals surface area contributed by atoms with Gasteiger partial charge in [-0.05, 0) is 18.8 Å². The summed E-state index contributed by atoms with van der Waals surface area (Å²) in [6.45, 7) is 0. The van der Waals surface area contributed by atoms with Crippen LogP contribution in [0.15, 0.2) is 0 Å². The van der Waals surface area contributed by atoms with Crippen molar-refractivity contribution in [2.24, 2.45) is 5.92 Å². The molecule has 1 saturated carbocycles. The first-order valence-corrected chi connectivity index (χ1v) is 6.00. The highest BCUT2D eigenvalue weighted by atomic mass is 16.4. The van der Waals surface area contributed by atoms with Gasteiger partial charge in [-0.25, -0.2) is 9.59 Å². The van der Waals surface area contributed by atoms with Gasteiger partial charge in [-0.3, -0.25) is 14.5 Å². The molecule has 0 spiro atoms. The average Bonchev–Trinajstić information content (AvgIpc) is 3.13. The van der Waals surface area contributed by atoms with E-state index in [1.54, 1.807) is 0 Å². The second-order valence-corrected chi connectivity index (χ2v) is 4.82. The third kappa shape index (κ3) is 2.83. The molecule has 3 N–H and O–H groups in total. The number of hydrogen-bond donors (Lipinski definition) is 3. The molecule has 0 aromatic carbocycles. The third-order valence-corrected chi connectivity index (χ3v) is 3.33. The number of imide groups is 1. The minimum Gasteiger partial charge on any atom is -0.480 e. The van der Waals surface area contributed by atoms with Gasteiger partial charge in [0.15, 0.2) is 0 Å². The number of likely N-dealkylation sites (N-methyl/N-ethyl adjacent to an activating group) is 1. The fourth-order valence-corrected chi connectivity index (χ4v) is 2.02. The molecule has 1 saturated heterocycles. The highest BCUT2D eigenvalue weighted by Gasteiger charge is 2.40. The molecule has 8 nitrogen and oxygen atoms in total. The number of nitrogens with one attached hydrogen (secondary N) is 2. The summed E-state index contributed by atoms with van der Waals surface area (Å²) in [7, 11) is 1.34. The topological polar surface area (TPSA) is 116 Å². The molecule has 19 heavy (non-hydrogen) atoms. The van der Waals surface area contributed by atoms with E-state index in [0.717, 1.165) is 17.7 Å². The molecule has 2 rings (SSSR count). The molecular formula is C11H15N3O5. The molecule has 104 valence electrons. The lowest BCUT2D eigenvalue weighted by molar-refractivity contribution is -0.140. The van der Waals surface area contributed by atoms with Crippen molar-refractivity contribution in [1.82, 2.24) is 15.5 Å². The molecule has 2 unspecified atom stereocenters. The number of likely N-dealkylation sites (tertiary alicyclic amines) is 1. The summed E-state index contributed by atoms with van der Waals surface area (Å²) in [5.74, 6) is -2.00. The number of hydrogen-bond acceptors (Lipinski definition) is 4. The Kier molecular flexibility index (Phi) is 3.41. The smallest absolute Gasteiger partial charge is 0.326 e. The second kappa shape index (κ2) is 4.87. The molecular weight excluding hydrogens is 254 g/mol. The van der Waals surface area contributed by atoms with Crippen LogP contribution in [0.4, 0.5) is 4.79 Å². The molecule has 1 heterocycles. The van der Waals surface area contributed by atoms with Crippen LogP contribution in [0, 0.1) is 5.92 Å². The number of carbonyl (C=O) groups is 4. The Morgan fingerprint density at radius 2 is 2.00 bits per heavy atom. The Balaban J connectivity index is 1.89. The standard InChI is InChI=1S/C11H15N3O5/c1-14-7(15)4-6(9(14)16)12-11(19)13-8(10(17)18)5-2-3-5/h5-6,8H,2-4H2,1H3,(H,17,18)(H2,12,13,19). The molecule has 0 bridgehead atoms. The van der Waals surface area contributed by atoms with Crippen molar-refractivity contribution in [2.75, 3.05) is 7.05 Å². The minimum absolute atomic E-state index is 0.0492. The van der Waals surface area contributed by atoms with Gasteiger partial charge in [0.2, 0.25) is 5.91 Å². The predicted octanol–water partition coefficient (Wildman–Crippen LogP) is -1.09. The maximum absolute atomic E-state index is 11.6. The lowest BCUT2D eigenvalue weighted by Crippen LogP contribution is -2.51. The summed E-state index contributed by atoms with van der Waals surface area (Å²) in [5.41, 5.74) is 0. The maximum atomic E-state index is 11.6. The normalized spacial score (nSPS) is 24.3. The number of aliphatic carboxylic acids is 1. The van der Waals surface area contributed by atoms with Gasteiger partial charge in [0.05, 0.1) is 6.42 Å². The fraction of sp³-hybridized carbons (Fsp3) is 0.636. The van der Waals surface area contributed by atoms with E-state index < -0.39 is 30.0 Å².